The highest BCUT2D eigenvalue weighted by molar-refractivity contribution is 7.99. The summed E-state index contributed by atoms with van der Waals surface area (Å²) in [6.45, 7) is 3.81. The van der Waals surface area contributed by atoms with Gasteiger partial charge in [-0.2, -0.15) is 0 Å². The van der Waals surface area contributed by atoms with Crippen LogP contribution in [0.2, 0.25) is 10.0 Å². The number of benzene rings is 2. The summed E-state index contributed by atoms with van der Waals surface area (Å²) in [5.74, 6) is -0.0131. The van der Waals surface area contributed by atoms with E-state index in [-0.39, 0.29) is 11.8 Å². The predicted octanol–water partition coefficient (Wildman–Crippen LogP) is 4.85. The molecule has 1 heterocycles. The number of carbonyl (C=O) groups excluding carboxylic acids is 2. The van der Waals surface area contributed by atoms with Crippen LogP contribution in [0.5, 0.6) is 0 Å². The van der Waals surface area contributed by atoms with Gasteiger partial charge < -0.3 is 9.80 Å². The van der Waals surface area contributed by atoms with E-state index in [0.717, 1.165) is 15.4 Å². The maximum Gasteiger partial charge on any atom is 0.246 e. The first kappa shape index (κ1) is 20.8. The third-order valence-corrected chi connectivity index (χ3v) is 6.49. The number of amides is 2. The molecule has 0 unspecified atom stereocenters. The zero-order chi connectivity index (χ0) is 20.1. The molecule has 0 radical (unpaired) electrons. The summed E-state index contributed by atoms with van der Waals surface area (Å²) in [5.41, 5.74) is 0.851. The number of nitrogens with zero attached hydrogens (tertiary/aromatic N) is 2. The van der Waals surface area contributed by atoms with E-state index in [1.54, 1.807) is 28.9 Å². The minimum absolute atomic E-state index is 0.0482. The molecule has 0 bridgehead atoms. The van der Waals surface area contributed by atoms with Gasteiger partial charge in [-0.25, -0.2) is 0 Å². The van der Waals surface area contributed by atoms with Crippen molar-refractivity contribution in [1.29, 1.82) is 0 Å². The van der Waals surface area contributed by atoms with E-state index in [0.29, 0.717) is 36.2 Å². The van der Waals surface area contributed by atoms with Crippen molar-refractivity contribution >= 4 is 52.9 Å². The van der Waals surface area contributed by atoms with Crippen molar-refractivity contribution in [2.75, 3.05) is 26.2 Å². The van der Waals surface area contributed by atoms with Crippen LogP contribution in [0.15, 0.2) is 58.3 Å². The van der Waals surface area contributed by atoms with Crippen LogP contribution in [0, 0.1) is 0 Å². The van der Waals surface area contributed by atoms with Gasteiger partial charge in [0.05, 0.1) is 10.0 Å². The molecule has 3 rings (SSSR count). The predicted molar refractivity (Wildman–Crippen MR) is 115 cm³/mol. The van der Waals surface area contributed by atoms with E-state index in [1.165, 1.54) is 11.8 Å². The van der Waals surface area contributed by atoms with Crippen molar-refractivity contribution in [2.24, 2.45) is 0 Å². The van der Waals surface area contributed by atoms with Gasteiger partial charge in [0.15, 0.2) is 0 Å². The molecular weight excluding hydrogens is 415 g/mol. The number of hydrogen-bond donors (Lipinski definition) is 0. The Morgan fingerprint density at radius 3 is 2.21 bits per heavy atom. The summed E-state index contributed by atoms with van der Waals surface area (Å²) in [7, 11) is 0. The van der Waals surface area contributed by atoms with Gasteiger partial charge in [0.2, 0.25) is 11.8 Å². The fraction of sp³-hybridized carbons (Fsp3) is 0.238. The molecule has 0 spiro atoms. The summed E-state index contributed by atoms with van der Waals surface area (Å²) in [4.78, 5) is 29.1. The van der Waals surface area contributed by atoms with Gasteiger partial charge in [0, 0.05) is 49.0 Å². The van der Waals surface area contributed by atoms with Crippen molar-refractivity contribution in [3.63, 3.8) is 0 Å². The third kappa shape index (κ3) is 5.31. The lowest BCUT2D eigenvalue weighted by atomic mass is 10.2. The molecule has 7 heteroatoms. The maximum absolute atomic E-state index is 12.4. The van der Waals surface area contributed by atoms with Crippen molar-refractivity contribution in [3.8, 4) is 0 Å². The van der Waals surface area contributed by atoms with E-state index >= 15 is 0 Å². The van der Waals surface area contributed by atoms with Crippen LogP contribution in [-0.2, 0) is 9.59 Å². The first-order valence-electron chi connectivity index (χ1n) is 8.88. The lowest BCUT2D eigenvalue weighted by Crippen LogP contribution is -2.49. The largest absolute Gasteiger partial charge is 0.339 e. The van der Waals surface area contributed by atoms with Gasteiger partial charge in [0.25, 0.3) is 0 Å². The Balaban J connectivity index is 1.62. The Morgan fingerprint density at radius 2 is 1.57 bits per heavy atom. The SMILES string of the molecule is CC(=O)N1CCN(C(=O)/C=C/c2ccc(Sc3ccccc3Cl)c(Cl)c2)CC1. The lowest BCUT2D eigenvalue weighted by Gasteiger charge is -2.33. The molecule has 0 atom stereocenters. The summed E-state index contributed by atoms with van der Waals surface area (Å²) < 4.78 is 0. The second-order valence-electron chi connectivity index (χ2n) is 6.39. The lowest BCUT2D eigenvalue weighted by molar-refractivity contribution is -0.135. The molecule has 1 aliphatic rings. The normalized spacial score (nSPS) is 14.5. The Hall–Kier alpha value is -1.95. The van der Waals surface area contributed by atoms with Crippen LogP contribution >= 0.6 is 35.0 Å². The fourth-order valence-electron chi connectivity index (χ4n) is 2.86. The van der Waals surface area contributed by atoms with Crippen LogP contribution in [-0.4, -0.2) is 47.8 Å². The average Bonchev–Trinajstić information content (AvgIpc) is 2.69. The molecule has 0 aliphatic carbocycles. The van der Waals surface area contributed by atoms with Crippen LogP contribution in [0.3, 0.4) is 0 Å². The standard InChI is InChI=1S/C21H20Cl2N2O2S/c1-15(26)24-10-12-25(13-11-24)21(27)9-7-16-6-8-20(18(23)14-16)28-19-5-3-2-4-17(19)22/h2-9,14H,10-13H2,1H3/b9-7+. The van der Waals surface area contributed by atoms with Crippen molar-refractivity contribution in [1.82, 2.24) is 9.80 Å². The van der Waals surface area contributed by atoms with Gasteiger partial charge in [0.1, 0.15) is 0 Å². The van der Waals surface area contributed by atoms with Gasteiger partial charge in [-0.05, 0) is 35.9 Å². The van der Waals surface area contributed by atoms with Crippen molar-refractivity contribution in [2.45, 2.75) is 16.7 Å². The molecule has 4 nitrogen and oxygen atoms in total. The molecule has 0 aromatic heterocycles. The first-order valence-corrected chi connectivity index (χ1v) is 10.5. The quantitative estimate of drug-likeness (QED) is 0.645. The Bertz CT molecular complexity index is 909. The van der Waals surface area contributed by atoms with Gasteiger partial charge in [-0.3, -0.25) is 9.59 Å². The molecule has 1 saturated heterocycles. The summed E-state index contributed by atoms with van der Waals surface area (Å²) in [5, 5.41) is 1.29. The van der Waals surface area contributed by atoms with Gasteiger partial charge >= 0.3 is 0 Å². The average molecular weight is 435 g/mol. The van der Waals surface area contributed by atoms with E-state index < -0.39 is 0 Å². The van der Waals surface area contributed by atoms with Crippen molar-refractivity contribution in [3.05, 3.63) is 64.1 Å². The Kier molecular flexibility index (Phi) is 7.05. The van der Waals surface area contributed by atoms with E-state index in [4.69, 9.17) is 23.2 Å². The third-order valence-electron chi connectivity index (χ3n) is 4.47. The fourth-order valence-corrected chi connectivity index (χ4v) is 4.26. The Morgan fingerprint density at radius 1 is 0.929 bits per heavy atom. The first-order chi connectivity index (χ1) is 13.4. The molecule has 2 aromatic rings. The van der Waals surface area contributed by atoms with Crippen LogP contribution in [0.1, 0.15) is 12.5 Å². The number of piperazine rings is 1. The topological polar surface area (TPSA) is 40.6 Å². The minimum Gasteiger partial charge on any atom is -0.339 e. The summed E-state index contributed by atoms with van der Waals surface area (Å²) >= 11 is 14.1. The van der Waals surface area contributed by atoms with Crippen LogP contribution in [0.25, 0.3) is 6.08 Å². The molecule has 28 heavy (non-hydrogen) atoms. The smallest absolute Gasteiger partial charge is 0.246 e. The number of hydrogen-bond acceptors (Lipinski definition) is 3. The second kappa shape index (κ2) is 9.50. The van der Waals surface area contributed by atoms with Gasteiger partial charge in [-0.1, -0.05) is 53.2 Å². The highest BCUT2D eigenvalue weighted by Gasteiger charge is 2.20. The zero-order valence-electron chi connectivity index (χ0n) is 15.4. The van der Waals surface area contributed by atoms with Crippen LogP contribution < -0.4 is 0 Å². The molecule has 2 amide bonds. The van der Waals surface area contributed by atoms with Crippen molar-refractivity contribution < 1.29 is 9.59 Å². The molecule has 1 fully saturated rings. The van der Waals surface area contributed by atoms with Crippen LogP contribution in [0.4, 0.5) is 0 Å². The molecular formula is C21H20Cl2N2O2S. The van der Waals surface area contributed by atoms with E-state index in [1.807, 2.05) is 42.5 Å². The minimum atomic E-state index is -0.0613. The highest BCUT2D eigenvalue weighted by Crippen LogP contribution is 2.37. The van der Waals surface area contributed by atoms with E-state index in [9.17, 15) is 9.59 Å². The number of halogens is 2. The Labute approximate surface area is 179 Å². The monoisotopic (exact) mass is 434 g/mol. The number of rotatable bonds is 4. The second-order valence-corrected chi connectivity index (χ2v) is 8.29. The highest BCUT2D eigenvalue weighted by atomic mass is 35.5. The molecule has 2 aromatic carbocycles. The zero-order valence-corrected chi connectivity index (χ0v) is 17.7. The summed E-state index contributed by atoms with van der Waals surface area (Å²) in [6, 6.07) is 13.3. The summed E-state index contributed by atoms with van der Waals surface area (Å²) in [6.07, 6.45) is 3.31. The molecule has 146 valence electrons. The molecule has 0 N–H and O–H groups in total. The maximum atomic E-state index is 12.4. The molecule has 1 aliphatic heterocycles. The van der Waals surface area contributed by atoms with E-state index in [2.05, 4.69) is 0 Å². The molecule has 0 saturated carbocycles. The number of carbonyl (C=O) groups is 2. The van der Waals surface area contributed by atoms with Gasteiger partial charge in [-0.15, -0.1) is 0 Å².